The van der Waals surface area contributed by atoms with Gasteiger partial charge < -0.3 is 10.2 Å². The molecule has 98 valence electrons. The molecule has 1 fully saturated rings. The topological polar surface area (TPSA) is 45.2 Å². The van der Waals surface area contributed by atoms with Gasteiger partial charge >= 0.3 is 0 Å². The Kier molecular flexibility index (Phi) is 4.72. The summed E-state index contributed by atoms with van der Waals surface area (Å²) in [5.41, 5.74) is 0.526. The number of carbonyl (C=O) groups is 1. The molecule has 18 heavy (non-hydrogen) atoms. The van der Waals surface area contributed by atoms with Crippen LogP contribution in [0.1, 0.15) is 30.3 Å². The van der Waals surface area contributed by atoms with Gasteiger partial charge in [0, 0.05) is 23.3 Å². The van der Waals surface area contributed by atoms with E-state index in [-0.39, 0.29) is 5.91 Å². The number of carbonyl (C=O) groups excluding carboxylic acids is 1. The summed E-state index contributed by atoms with van der Waals surface area (Å²) in [4.78, 5) is 18.5. The average molecular weight is 312 g/mol. The Morgan fingerprint density at radius 3 is 2.78 bits per heavy atom. The second-order valence-corrected chi connectivity index (χ2v) is 5.35. The van der Waals surface area contributed by atoms with Crippen LogP contribution in [-0.4, -0.2) is 41.5 Å². The summed E-state index contributed by atoms with van der Waals surface area (Å²) < 4.78 is 0.893. The van der Waals surface area contributed by atoms with E-state index in [0.29, 0.717) is 11.7 Å². The Morgan fingerprint density at radius 2 is 2.22 bits per heavy atom. The molecule has 0 radical (unpaired) electrons. The van der Waals surface area contributed by atoms with E-state index in [1.54, 1.807) is 12.3 Å². The van der Waals surface area contributed by atoms with Gasteiger partial charge in [0.2, 0.25) is 0 Å². The number of nitrogens with zero attached hydrogens (tertiary/aromatic N) is 2. The van der Waals surface area contributed by atoms with Gasteiger partial charge in [-0.2, -0.15) is 0 Å². The van der Waals surface area contributed by atoms with Gasteiger partial charge in [-0.25, -0.2) is 4.98 Å². The summed E-state index contributed by atoms with van der Waals surface area (Å²) in [6, 6.07) is 3.97. The van der Waals surface area contributed by atoms with E-state index < -0.39 is 0 Å². The van der Waals surface area contributed by atoms with Crippen molar-refractivity contribution in [2.45, 2.75) is 25.8 Å². The third kappa shape index (κ3) is 3.09. The van der Waals surface area contributed by atoms with Crippen LogP contribution < -0.4 is 5.32 Å². The molecule has 1 amide bonds. The minimum Gasteiger partial charge on any atom is -0.335 e. The van der Waals surface area contributed by atoms with Gasteiger partial charge in [-0.15, -0.1) is 0 Å². The Bertz CT molecular complexity index is 401. The maximum atomic E-state index is 12.4. The summed E-state index contributed by atoms with van der Waals surface area (Å²) in [7, 11) is 0. The molecule has 1 saturated heterocycles. The zero-order valence-electron chi connectivity index (χ0n) is 10.5. The van der Waals surface area contributed by atoms with E-state index in [1.165, 1.54) is 0 Å². The van der Waals surface area contributed by atoms with Crippen LogP contribution in [0.2, 0.25) is 0 Å². The number of pyridine rings is 1. The lowest BCUT2D eigenvalue weighted by atomic mass is 10.0. The van der Waals surface area contributed by atoms with E-state index in [2.05, 4.69) is 26.2 Å². The van der Waals surface area contributed by atoms with Gasteiger partial charge in [0.05, 0.1) is 0 Å². The van der Waals surface area contributed by atoms with Crippen molar-refractivity contribution < 1.29 is 4.79 Å². The number of hydrogen-bond acceptors (Lipinski definition) is 3. The lowest BCUT2D eigenvalue weighted by molar-refractivity contribution is 0.0650. The number of amides is 1. The highest BCUT2D eigenvalue weighted by Gasteiger charge is 2.25. The van der Waals surface area contributed by atoms with E-state index in [9.17, 15) is 4.79 Å². The molecule has 4 nitrogen and oxygen atoms in total. The molecule has 1 N–H and O–H groups in total. The minimum atomic E-state index is 0.0388. The molecule has 1 aromatic heterocycles. The van der Waals surface area contributed by atoms with E-state index >= 15 is 0 Å². The summed E-state index contributed by atoms with van der Waals surface area (Å²) in [6.07, 6.45) is 3.72. The van der Waals surface area contributed by atoms with Crippen molar-refractivity contribution in [3.05, 3.63) is 28.5 Å². The van der Waals surface area contributed by atoms with Crippen LogP contribution in [0.3, 0.4) is 0 Å². The van der Waals surface area contributed by atoms with Crippen molar-refractivity contribution in [2.24, 2.45) is 0 Å². The number of nitrogens with one attached hydrogen (secondary N) is 1. The zero-order chi connectivity index (χ0) is 13.0. The highest BCUT2D eigenvalue weighted by molar-refractivity contribution is 9.10. The summed E-state index contributed by atoms with van der Waals surface area (Å²) in [5.74, 6) is 0.0388. The van der Waals surface area contributed by atoms with Crippen molar-refractivity contribution in [2.75, 3.05) is 19.6 Å². The second kappa shape index (κ2) is 6.29. The largest absolute Gasteiger partial charge is 0.335 e. The van der Waals surface area contributed by atoms with Crippen LogP contribution in [0, 0.1) is 0 Å². The number of aromatic nitrogens is 1. The number of piperidine rings is 1. The summed E-state index contributed by atoms with van der Waals surface area (Å²) in [5, 5.41) is 3.32. The van der Waals surface area contributed by atoms with Crippen molar-refractivity contribution in [1.29, 1.82) is 0 Å². The molecule has 1 aliphatic heterocycles. The van der Waals surface area contributed by atoms with Crippen LogP contribution in [0.5, 0.6) is 0 Å². The van der Waals surface area contributed by atoms with Gasteiger partial charge in [-0.3, -0.25) is 4.79 Å². The van der Waals surface area contributed by atoms with Gasteiger partial charge in [0.1, 0.15) is 5.69 Å². The van der Waals surface area contributed by atoms with Crippen LogP contribution in [-0.2, 0) is 0 Å². The first-order valence-corrected chi connectivity index (χ1v) is 7.15. The maximum absolute atomic E-state index is 12.4. The second-order valence-electron chi connectivity index (χ2n) is 4.43. The van der Waals surface area contributed by atoms with E-state index in [4.69, 9.17) is 0 Å². The van der Waals surface area contributed by atoms with Gasteiger partial charge in [-0.05, 0) is 60.9 Å². The van der Waals surface area contributed by atoms with Crippen molar-refractivity contribution in [1.82, 2.24) is 15.2 Å². The fourth-order valence-electron chi connectivity index (χ4n) is 2.34. The Balaban J connectivity index is 2.11. The maximum Gasteiger partial charge on any atom is 0.272 e. The zero-order valence-corrected chi connectivity index (χ0v) is 12.1. The molecule has 1 aliphatic rings. The molecular formula is C13H18BrN3O. The molecule has 0 aliphatic carbocycles. The standard InChI is InChI=1S/C13H18BrN3O/c1-2-17(11-5-7-15-8-6-11)13(18)12-4-3-10(14)9-16-12/h3-4,9,11,15H,2,5-8H2,1H3. The number of rotatable bonds is 3. The third-order valence-corrected chi connectivity index (χ3v) is 3.77. The Hall–Kier alpha value is -0.940. The first-order valence-electron chi connectivity index (χ1n) is 6.35. The minimum absolute atomic E-state index is 0.0388. The Labute approximate surface area is 116 Å². The molecule has 0 unspecified atom stereocenters. The van der Waals surface area contributed by atoms with Crippen LogP contribution in [0.25, 0.3) is 0 Å². The molecule has 0 bridgehead atoms. The molecular weight excluding hydrogens is 294 g/mol. The van der Waals surface area contributed by atoms with Crippen molar-refractivity contribution in [3.63, 3.8) is 0 Å². The fourth-order valence-corrected chi connectivity index (χ4v) is 2.57. The summed E-state index contributed by atoms with van der Waals surface area (Å²) >= 11 is 3.33. The molecule has 0 aromatic carbocycles. The highest BCUT2D eigenvalue weighted by Crippen LogP contribution is 2.15. The molecule has 2 heterocycles. The number of halogens is 1. The predicted molar refractivity (Wildman–Crippen MR) is 74.5 cm³/mol. The highest BCUT2D eigenvalue weighted by atomic mass is 79.9. The van der Waals surface area contributed by atoms with Crippen molar-refractivity contribution >= 4 is 21.8 Å². The molecule has 0 atom stereocenters. The summed E-state index contributed by atoms with van der Waals surface area (Å²) in [6.45, 7) is 4.74. The first kappa shape index (κ1) is 13.5. The van der Waals surface area contributed by atoms with Gasteiger partial charge in [-0.1, -0.05) is 0 Å². The van der Waals surface area contributed by atoms with Gasteiger partial charge in [0.15, 0.2) is 0 Å². The Morgan fingerprint density at radius 1 is 1.50 bits per heavy atom. The van der Waals surface area contributed by atoms with Crippen LogP contribution in [0.4, 0.5) is 0 Å². The smallest absolute Gasteiger partial charge is 0.272 e. The van der Waals surface area contributed by atoms with Crippen LogP contribution in [0.15, 0.2) is 22.8 Å². The molecule has 0 spiro atoms. The SMILES string of the molecule is CCN(C(=O)c1ccc(Br)cn1)C1CCNCC1. The quantitative estimate of drug-likeness (QED) is 0.929. The molecule has 0 saturated carbocycles. The molecule has 5 heteroatoms. The lowest BCUT2D eigenvalue weighted by Crippen LogP contribution is -2.46. The lowest BCUT2D eigenvalue weighted by Gasteiger charge is -2.33. The van der Waals surface area contributed by atoms with E-state index in [0.717, 1.165) is 36.9 Å². The molecule has 1 aromatic rings. The van der Waals surface area contributed by atoms with Crippen LogP contribution >= 0.6 is 15.9 Å². The first-order chi connectivity index (χ1) is 8.72. The third-order valence-electron chi connectivity index (χ3n) is 3.30. The number of hydrogen-bond donors (Lipinski definition) is 1. The predicted octanol–water partition coefficient (Wildman–Crippen LogP) is 2.06. The monoisotopic (exact) mass is 311 g/mol. The van der Waals surface area contributed by atoms with E-state index in [1.807, 2.05) is 17.9 Å². The average Bonchev–Trinajstić information content (AvgIpc) is 2.41. The van der Waals surface area contributed by atoms with Crippen molar-refractivity contribution in [3.8, 4) is 0 Å². The molecule has 2 rings (SSSR count). The normalized spacial score (nSPS) is 16.6. The fraction of sp³-hybridized carbons (Fsp3) is 0.538. The van der Waals surface area contributed by atoms with Gasteiger partial charge in [0.25, 0.3) is 5.91 Å².